The number of aromatic nitrogens is 1. The number of hydrogen-bond acceptors (Lipinski definition) is 9. The van der Waals surface area contributed by atoms with Gasteiger partial charge in [-0.3, -0.25) is 14.9 Å². The van der Waals surface area contributed by atoms with Gasteiger partial charge in [-0.2, -0.15) is 10.1 Å². The minimum Gasteiger partial charge on any atom is -0.497 e. The minimum absolute atomic E-state index is 0.0145. The first kappa shape index (κ1) is 22.9. The predicted molar refractivity (Wildman–Crippen MR) is 134 cm³/mol. The van der Waals surface area contributed by atoms with Gasteiger partial charge in [0.25, 0.3) is 0 Å². The fourth-order valence-electron chi connectivity index (χ4n) is 2.83. The number of anilines is 1. The van der Waals surface area contributed by atoms with Crippen molar-refractivity contribution < 1.29 is 14.5 Å². The zero-order valence-corrected chi connectivity index (χ0v) is 19.9. The highest BCUT2D eigenvalue weighted by Gasteiger charge is 2.20. The van der Waals surface area contributed by atoms with Crippen LogP contribution in [0.1, 0.15) is 11.3 Å². The van der Waals surface area contributed by atoms with Crippen molar-refractivity contribution in [3.8, 4) is 5.75 Å². The number of carbonyl (C=O) groups excluding carboxylic acids is 1. The van der Waals surface area contributed by atoms with Gasteiger partial charge >= 0.3 is 5.00 Å². The molecular formula is C22H18N4O4S3. The Morgan fingerprint density at radius 3 is 2.76 bits per heavy atom. The molecule has 0 aliphatic rings. The SMILES string of the molecule is COc1ccc2nc(N(/N=C/c3ccc([N+](=O)[O-])s3)C(=O)CCSc3ccccc3)sc2c1. The molecule has 2 aromatic heterocycles. The number of methoxy groups -OCH3 is 1. The Morgan fingerprint density at radius 2 is 2.03 bits per heavy atom. The molecule has 0 N–H and O–H groups in total. The van der Waals surface area contributed by atoms with Gasteiger partial charge in [0.1, 0.15) is 5.75 Å². The molecule has 8 nitrogen and oxygen atoms in total. The van der Waals surface area contributed by atoms with E-state index in [9.17, 15) is 14.9 Å². The number of nitrogens with zero attached hydrogens (tertiary/aromatic N) is 4. The number of ether oxygens (including phenoxy) is 1. The molecule has 0 saturated heterocycles. The molecule has 168 valence electrons. The molecule has 0 atom stereocenters. The van der Waals surface area contributed by atoms with E-state index in [2.05, 4.69) is 10.1 Å². The molecule has 0 radical (unpaired) electrons. The molecule has 4 aromatic rings. The van der Waals surface area contributed by atoms with Crippen molar-refractivity contribution in [3.05, 3.63) is 75.7 Å². The summed E-state index contributed by atoms with van der Waals surface area (Å²) in [4.78, 5) is 29.8. The monoisotopic (exact) mass is 498 g/mol. The summed E-state index contributed by atoms with van der Waals surface area (Å²) in [7, 11) is 1.59. The van der Waals surface area contributed by atoms with Crippen molar-refractivity contribution in [2.75, 3.05) is 17.9 Å². The molecule has 0 spiro atoms. The second-order valence-corrected chi connectivity index (χ2v) is 9.90. The molecule has 11 heteroatoms. The van der Waals surface area contributed by atoms with Crippen LogP contribution in [0.25, 0.3) is 10.2 Å². The van der Waals surface area contributed by atoms with Crippen LogP contribution >= 0.6 is 34.4 Å². The van der Waals surface area contributed by atoms with Crippen LogP contribution in [0.5, 0.6) is 5.75 Å². The zero-order chi connectivity index (χ0) is 23.2. The standard InChI is InChI=1S/C22H18N4O4S3/c1-30-15-7-9-18-19(13-15)33-22(24-18)25(23-14-17-8-10-21(32-17)26(28)29)20(27)11-12-31-16-5-3-2-4-6-16/h2-10,13-14H,11-12H2,1H3/b23-14+. The van der Waals surface area contributed by atoms with E-state index >= 15 is 0 Å². The number of carbonyl (C=O) groups is 1. The van der Waals surface area contributed by atoms with Crippen molar-refractivity contribution in [2.45, 2.75) is 11.3 Å². The van der Waals surface area contributed by atoms with Crippen LogP contribution in [-0.4, -0.2) is 34.9 Å². The van der Waals surface area contributed by atoms with Gasteiger partial charge in [0.2, 0.25) is 11.0 Å². The van der Waals surface area contributed by atoms with E-state index < -0.39 is 4.92 Å². The summed E-state index contributed by atoms with van der Waals surface area (Å²) in [6, 6.07) is 18.4. The number of thiophene rings is 1. The molecule has 0 aliphatic carbocycles. The van der Waals surface area contributed by atoms with E-state index in [1.165, 1.54) is 28.6 Å². The van der Waals surface area contributed by atoms with Crippen LogP contribution in [0.4, 0.5) is 10.1 Å². The Balaban J connectivity index is 1.57. The Kier molecular flexibility index (Phi) is 7.33. The molecule has 2 aromatic carbocycles. The van der Waals surface area contributed by atoms with Crippen LogP contribution in [0.3, 0.4) is 0 Å². The fraction of sp³-hybridized carbons (Fsp3) is 0.136. The number of benzene rings is 2. The van der Waals surface area contributed by atoms with Gasteiger partial charge < -0.3 is 4.74 Å². The van der Waals surface area contributed by atoms with Crippen LogP contribution in [0, 0.1) is 10.1 Å². The number of rotatable bonds is 9. The van der Waals surface area contributed by atoms with Crippen molar-refractivity contribution in [1.82, 2.24) is 4.98 Å². The Bertz CT molecular complexity index is 1300. The third-order valence-electron chi connectivity index (χ3n) is 4.42. The number of thiazole rings is 1. The van der Waals surface area contributed by atoms with Gasteiger partial charge in [0, 0.05) is 23.1 Å². The van der Waals surface area contributed by atoms with E-state index in [1.807, 2.05) is 48.5 Å². The highest BCUT2D eigenvalue weighted by atomic mass is 32.2. The van der Waals surface area contributed by atoms with Gasteiger partial charge in [-0.1, -0.05) is 40.9 Å². The second kappa shape index (κ2) is 10.6. The van der Waals surface area contributed by atoms with Crippen LogP contribution < -0.4 is 9.75 Å². The summed E-state index contributed by atoms with van der Waals surface area (Å²) < 4.78 is 6.14. The molecule has 0 saturated carbocycles. The molecule has 0 unspecified atom stereocenters. The molecular weight excluding hydrogens is 480 g/mol. The fourth-order valence-corrected chi connectivity index (χ4v) is 5.35. The molecule has 1 amide bonds. The lowest BCUT2D eigenvalue weighted by atomic mass is 10.3. The lowest BCUT2D eigenvalue weighted by Crippen LogP contribution is -2.25. The van der Waals surface area contributed by atoms with Crippen molar-refractivity contribution in [2.24, 2.45) is 5.10 Å². The quantitative estimate of drug-likeness (QED) is 0.125. The van der Waals surface area contributed by atoms with Gasteiger partial charge in [-0.15, -0.1) is 11.8 Å². The summed E-state index contributed by atoms with van der Waals surface area (Å²) in [6.07, 6.45) is 1.70. The Labute approximate surface area is 201 Å². The smallest absolute Gasteiger partial charge is 0.324 e. The lowest BCUT2D eigenvalue weighted by Gasteiger charge is -2.13. The van der Waals surface area contributed by atoms with Crippen molar-refractivity contribution in [3.63, 3.8) is 0 Å². The highest BCUT2D eigenvalue weighted by Crippen LogP contribution is 2.32. The molecule has 2 heterocycles. The third-order valence-corrected chi connectivity index (χ3v) is 7.40. The van der Waals surface area contributed by atoms with E-state index in [4.69, 9.17) is 4.74 Å². The third kappa shape index (κ3) is 5.75. The van der Waals surface area contributed by atoms with Crippen molar-refractivity contribution >= 4 is 66.9 Å². The zero-order valence-electron chi connectivity index (χ0n) is 17.4. The lowest BCUT2D eigenvalue weighted by molar-refractivity contribution is -0.380. The summed E-state index contributed by atoms with van der Waals surface area (Å²) in [6.45, 7) is 0. The number of thioether (sulfide) groups is 1. The summed E-state index contributed by atoms with van der Waals surface area (Å²) >= 11 is 3.90. The number of amides is 1. The van der Waals surface area contributed by atoms with Gasteiger partial charge in [-0.25, -0.2) is 4.98 Å². The summed E-state index contributed by atoms with van der Waals surface area (Å²) in [5.41, 5.74) is 0.731. The van der Waals surface area contributed by atoms with E-state index in [0.717, 1.165) is 26.4 Å². The van der Waals surface area contributed by atoms with E-state index in [1.54, 1.807) is 24.9 Å². The minimum atomic E-state index is -0.452. The average molecular weight is 499 g/mol. The number of fused-ring (bicyclic) bond motifs is 1. The normalized spacial score (nSPS) is 11.2. The van der Waals surface area contributed by atoms with Crippen LogP contribution in [0.2, 0.25) is 0 Å². The van der Waals surface area contributed by atoms with Crippen molar-refractivity contribution in [1.29, 1.82) is 0 Å². The largest absolute Gasteiger partial charge is 0.497 e. The first-order valence-corrected chi connectivity index (χ1v) is 12.4. The maximum atomic E-state index is 13.1. The van der Waals surface area contributed by atoms with Crippen LogP contribution in [-0.2, 0) is 4.79 Å². The number of hydrogen-bond donors (Lipinski definition) is 0. The molecule has 33 heavy (non-hydrogen) atoms. The highest BCUT2D eigenvalue weighted by molar-refractivity contribution is 7.99. The summed E-state index contributed by atoms with van der Waals surface area (Å²) in [5, 5.41) is 17.0. The molecule has 0 fully saturated rings. The summed E-state index contributed by atoms with van der Waals surface area (Å²) in [5.74, 6) is 1.06. The maximum absolute atomic E-state index is 13.1. The predicted octanol–water partition coefficient (Wildman–Crippen LogP) is 5.82. The molecule has 0 bridgehead atoms. The van der Waals surface area contributed by atoms with E-state index in [0.29, 0.717) is 21.5 Å². The Morgan fingerprint density at radius 1 is 1.21 bits per heavy atom. The van der Waals surface area contributed by atoms with Gasteiger partial charge in [0.05, 0.1) is 33.3 Å². The van der Waals surface area contributed by atoms with Gasteiger partial charge in [-0.05, 0) is 36.4 Å². The number of nitro groups is 1. The first-order valence-electron chi connectivity index (χ1n) is 9.77. The second-order valence-electron chi connectivity index (χ2n) is 6.62. The topological polar surface area (TPSA) is 97.9 Å². The van der Waals surface area contributed by atoms with Gasteiger partial charge in [0.15, 0.2) is 0 Å². The maximum Gasteiger partial charge on any atom is 0.324 e. The molecule has 0 aliphatic heterocycles. The number of hydrazone groups is 1. The average Bonchev–Trinajstić information content (AvgIpc) is 3.46. The molecule has 4 rings (SSSR count). The van der Waals surface area contributed by atoms with E-state index in [-0.39, 0.29) is 17.3 Å². The Hall–Kier alpha value is -3.28. The van der Waals surface area contributed by atoms with Crippen LogP contribution in [0.15, 0.2) is 70.7 Å². The first-order chi connectivity index (χ1) is 16.0.